The fraction of sp³-hybridized carbons (Fsp3) is 0.409. The van der Waals surface area contributed by atoms with Gasteiger partial charge in [0.25, 0.3) is 0 Å². The van der Waals surface area contributed by atoms with Gasteiger partial charge in [-0.25, -0.2) is 9.97 Å². The summed E-state index contributed by atoms with van der Waals surface area (Å²) in [4.78, 5) is 12.8. The van der Waals surface area contributed by atoms with Crippen molar-refractivity contribution in [1.29, 1.82) is 0 Å². The smallest absolute Gasteiger partial charge is 0.234 e. The molecular formula is C88H97N3O2. The van der Waals surface area contributed by atoms with Gasteiger partial charge in [-0.15, -0.1) is 0 Å². The normalized spacial score (nSPS) is 15.4. The fourth-order valence-electron chi connectivity index (χ4n) is 18.7. The molecule has 3 heterocycles. The zero-order valence-corrected chi connectivity index (χ0v) is 57.1. The summed E-state index contributed by atoms with van der Waals surface area (Å²) in [5, 5.41) is 4.96. The van der Waals surface area contributed by atoms with Gasteiger partial charge in [-0.05, 0) is 170 Å². The van der Waals surface area contributed by atoms with Gasteiger partial charge < -0.3 is 8.83 Å². The molecule has 0 unspecified atom stereocenters. The summed E-state index contributed by atoms with van der Waals surface area (Å²) >= 11 is 0. The quantitative estimate of drug-likeness (QED) is 0.0480. The summed E-state index contributed by atoms with van der Waals surface area (Å²) in [6, 6.07) is 53.9. The van der Waals surface area contributed by atoms with Gasteiger partial charge >= 0.3 is 0 Å². The fourth-order valence-corrected chi connectivity index (χ4v) is 18.7. The lowest BCUT2D eigenvalue weighted by molar-refractivity contribution is 0.369. The number of nitrogens with zero attached hydrogens (tertiary/aromatic N) is 3. The monoisotopic (exact) mass is 1230 g/mol. The van der Waals surface area contributed by atoms with E-state index in [4.69, 9.17) is 18.8 Å². The molecule has 11 aromatic rings. The number of benzene rings is 8. The highest BCUT2D eigenvalue weighted by molar-refractivity contribution is 6.21. The van der Waals surface area contributed by atoms with E-state index in [1.165, 1.54) is 222 Å². The second-order valence-electron chi connectivity index (χ2n) is 29.7. The number of rotatable bonds is 27. The van der Waals surface area contributed by atoms with Crippen molar-refractivity contribution in [3.63, 3.8) is 0 Å². The highest BCUT2D eigenvalue weighted by Gasteiger charge is 2.54. The van der Waals surface area contributed by atoms with Gasteiger partial charge in [0.2, 0.25) is 5.95 Å². The van der Waals surface area contributed by atoms with Gasteiger partial charge in [0.05, 0.1) is 0 Å². The third kappa shape index (κ3) is 9.87. The molecule has 4 aliphatic rings. The highest BCUT2D eigenvalue weighted by atomic mass is 16.3. The summed E-state index contributed by atoms with van der Waals surface area (Å²) in [5.74, 6) is 0.685. The SMILES string of the molecule is CCCCCCCC1(CCCCCCC)c2ccccc2-c2c1c1c(c3c2oc2ccccc23)-c2ccc(N(c3ccc4c(c3)C(C)(C)c3cc5c(cc3-4)C(C)(C)c3ccc4oc6ccccc6c4c3-5)c3ncccn3)cc2C1(CCCCCCC)CCCCCCC. The predicted molar refractivity (Wildman–Crippen MR) is 392 cm³/mol. The number of aromatic nitrogens is 2. The number of fused-ring (bicyclic) bond motifs is 22. The van der Waals surface area contributed by atoms with E-state index in [0.29, 0.717) is 5.95 Å². The molecule has 0 atom stereocenters. The second kappa shape index (κ2) is 24.9. The molecule has 93 heavy (non-hydrogen) atoms. The van der Waals surface area contributed by atoms with E-state index in [0.717, 1.165) is 59.4 Å². The minimum Gasteiger partial charge on any atom is -0.456 e. The van der Waals surface area contributed by atoms with Gasteiger partial charge in [0.15, 0.2) is 0 Å². The standard InChI is InChI=1S/C88H97N3O2/c1-9-13-17-21-31-48-87(49-32-22-18-14-10-2)67-39-28-25-36-61(67)80-82(87)81-78(79-64-38-27-30-41-74(64)93-83(79)80)62-45-43-59(55-72(62)88(81,50-33-23-19-15-11-3)51-34-24-20-16-12-4)91(84-89-52-35-53-90-84)58-42-44-60-65-56-71-66(57-70(65)86(7,8)69(60)54-58)76-68(85(71,5)6)46-47-75-77(76)63-37-26-29-40-73(63)92-75/h25-30,35-47,52-57H,9-24,31-34,48-51H2,1-8H3. The van der Waals surface area contributed by atoms with E-state index in [2.05, 4.69) is 194 Å². The minimum atomic E-state index is -0.308. The summed E-state index contributed by atoms with van der Waals surface area (Å²) < 4.78 is 14.1. The first-order valence-corrected chi connectivity index (χ1v) is 36.6. The molecule has 3 aromatic heterocycles. The van der Waals surface area contributed by atoms with Crippen molar-refractivity contribution >= 4 is 61.2 Å². The largest absolute Gasteiger partial charge is 0.456 e. The minimum absolute atomic E-state index is 0.153. The molecule has 4 aliphatic carbocycles. The molecule has 0 aliphatic heterocycles. The Morgan fingerprint density at radius 2 is 0.817 bits per heavy atom. The van der Waals surface area contributed by atoms with Crippen LogP contribution in [0.15, 0.2) is 161 Å². The van der Waals surface area contributed by atoms with E-state index in [1.807, 2.05) is 18.5 Å². The molecule has 0 amide bonds. The van der Waals surface area contributed by atoms with E-state index in [-0.39, 0.29) is 21.7 Å². The van der Waals surface area contributed by atoms with E-state index in [1.54, 1.807) is 16.7 Å². The maximum atomic E-state index is 7.52. The molecule has 476 valence electrons. The Morgan fingerprint density at radius 3 is 1.44 bits per heavy atom. The van der Waals surface area contributed by atoms with Crippen molar-refractivity contribution in [3.05, 3.63) is 196 Å². The Labute approximate surface area is 553 Å². The first-order chi connectivity index (χ1) is 45.5. The molecule has 5 nitrogen and oxygen atoms in total. The van der Waals surface area contributed by atoms with Crippen molar-refractivity contribution < 1.29 is 8.83 Å². The summed E-state index contributed by atoms with van der Waals surface area (Å²) in [7, 11) is 0. The summed E-state index contributed by atoms with van der Waals surface area (Å²) in [6.07, 6.45) is 33.5. The van der Waals surface area contributed by atoms with Gasteiger partial charge in [-0.2, -0.15) is 0 Å². The second-order valence-corrected chi connectivity index (χ2v) is 29.7. The van der Waals surface area contributed by atoms with Crippen LogP contribution in [0.25, 0.3) is 88.4 Å². The molecule has 15 rings (SSSR count). The highest BCUT2D eigenvalue weighted by Crippen LogP contribution is 2.68. The Kier molecular flexibility index (Phi) is 16.4. The molecule has 0 N–H and O–H groups in total. The number of anilines is 3. The average Bonchev–Trinajstić information content (AvgIpc) is 1.50. The van der Waals surface area contributed by atoms with Crippen molar-refractivity contribution in [3.8, 4) is 44.5 Å². The molecule has 5 heteroatoms. The molecule has 0 radical (unpaired) electrons. The van der Waals surface area contributed by atoms with Gasteiger partial charge in [-0.3, -0.25) is 4.90 Å². The van der Waals surface area contributed by atoms with Gasteiger partial charge in [0.1, 0.15) is 22.3 Å². The first kappa shape index (κ1) is 61.4. The molecule has 0 saturated heterocycles. The van der Waals surface area contributed by atoms with Crippen molar-refractivity contribution in [2.75, 3.05) is 4.90 Å². The van der Waals surface area contributed by atoms with Crippen LogP contribution in [0.3, 0.4) is 0 Å². The molecule has 0 bridgehead atoms. The topological polar surface area (TPSA) is 55.3 Å². The average molecular weight is 1230 g/mol. The summed E-state index contributed by atoms with van der Waals surface area (Å²) in [6.45, 7) is 19.2. The van der Waals surface area contributed by atoms with Crippen molar-refractivity contribution in [2.45, 2.75) is 231 Å². The number of hydrogen-bond donors (Lipinski definition) is 0. The Balaban J connectivity index is 0.943. The number of para-hydroxylation sites is 2. The number of unbranched alkanes of at least 4 members (excludes halogenated alkanes) is 16. The predicted octanol–water partition coefficient (Wildman–Crippen LogP) is 26.3. The van der Waals surface area contributed by atoms with Crippen LogP contribution >= 0.6 is 0 Å². The third-order valence-electron chi connectivity index (χ3n) is 23.3. The van der Waals surface area contributed by atoms with Crippen LogP contribution in [0.4, 0.5) is 17.3 Å². The number of hydrogen-bond acceptors (Lipinski definition) is 5. The third-order valence-corrected chi connectivity index (χ3v) is 23.3. The van der Waals surface area contributed by atoms with E-state index < -0.39 is 0 Å². The first-order valence-electron chi connectivity index (χ1n) is 36.6. The lowest BCUT2D eigenvalue weighted by Gasteiger charge is -2.40. The van der Waals surface area contributed by atoms with Crippen LogP contribution in [-0.2, 0) is 21.7 Å². The zero-order chi connectivity index (χ0) is 63.6. The van der Waals surface area contributed by atoms with Crippen LogP contribution in [0, 0.1) is 0 Å². The van der Waals surface area contributed by atoms with Crippen molar-refractivity contribution in [1.82, 2.24) is 9.97 Å². The number of furan rings is 2. The van der Waals surface area contributed by atoms with Gasteiger partial charge in [0, 0.05) is 72.5 Å². The Hall–Kier alpha value is -7.76. The van der Waals surface area contributed by atoms with Crippen molar-refractivity contribution in [2.24, 2.45) is 0 Å². The Bertz CT molecular complexity index is 4580. The molecular weight excluding hydrogens is 1130 g/mol. The molecule has 0 saturated carbocycles. The van der Waals surface area contributed by atoms with Crippen LogP contribution in [-0.4, -0.2) is 9.97 Å². The lowest BCUT2D eigenvalue weighted by atomic mass is 9.62. The van der Waals surface area contributed by atoms with Crippen LogP contribution in [0.2, 0.25) is 0 Å². The Morgan fingerprint density at radius 1 is 0.344 bits per heavy atom. The van der Waals surface area contributed by atoms with Gasteiger partial charge in [-0.1, -0.05) is 263 Å². The maximum Gasteiger partial charge on any atom is 0.234 e. The van der Waals surface area contributed by atoms with E-state index >= 15 is 0 Å². The zero-order valence-electron chi connectivity index (χ0n) is 57.1. The maximum absolute atomic E-state index is 7.52. The summed E-state index contributed by atoms with van der Waals surface area (Å²) in [5.41, 5.74) is 27.9. The van der Waals surface area contributed by atoms with Crippen LogP contribution < -0.4 is 4.90 Å². The molecule has 0 spiro atoms. The van der Waals surface area contributed by atoms with Crippen LogP contribution in [0.1, 0.15) is 254 Å². The van der Waals surface area contributed by atoms with Crippen LogP contribution in [0.5, 0.6) is 0 Å². The lowest BCUT2D eigenvalue weighted by Crippen LogP contribution is -2.33. The van der Waals surface area contributed by atoms with E-state index in [9.17, 15) is 0 Å². The molecule has 8 aromatic carbocycles. The molecule has 0 fully saturated rings.